The summed E-state index contributed by atoms with van der Waals surface area (Å²) in [4.78, 5) is 12.9. The summed E-state index contributed by atoms with van der Waals surface area (Å²) in [5.74, 6) is 0.138. The van der Waals surface area contributed by atoms with Crippen LogP contribution in [0, 0.1) is 5.41 Å². The third-order valence-electron chi connectivity index (χ3n) is 4.10. The van der Waals surface area contributed by atoms with Crippen LogP contribution in [0.2, 0.25) is 0 Å². The van der Waals surface area contributed by atoms with Crippen molar-refractivity contribution in [1.82, 2.24) is 0 Å². The quantitative estimate of drug-likeness (QED) is 0.835. The van der Waals surface area contributed by atoms with E-state index in [1.165, 1.54) is 6.42 Å². The monoisotopic (exact) mass is 290 g/mol. The number of hydrogen-bond acceptors (Lipinski definition) is 2. The van der Waals surface area contributed by atoms with Crippen molar-refractivity contribution in [2.75, 3.05) is 5.32 Å². The van der Waals surface area contributed by atoms with Gasteiger partial charge >= 0.3 is 0 Å². The molecule has 0 spiro atoms. The molecule has 1 aromatic rings. The lowest BCUT2D eigenvalue weighted by Crippen LogP contribution is -2.35. The van der Waals surface area contributed by atoms with E-state index in [1.54, 1.807) is 0 Å². The Bertz CT molecular complexity index is 490. The Morgan fingerprint density at radius 3 is 2.40 bits per heavy atom. The van der Waals surface area contributed by atoms with Crippen molar-refractivity contribution in [1.29, 1.82) is 0 Å². The van der Waals surface area contributed by atoms with Gasteiger partial charge in [-0.1, -0.05) is 50.5 Å². The van der Waals surface area contributed by atoms with Gasteiger partial charge in [0.2, 0.25) is 5.91 Å². The van der Waals surface area contributed by atoms with Crippen LogP contribution in [0.1, 0.15) is 44.6 Å². The molecule has 0 aromatic heterocycles. The topological polar surface area (TPSA) is 55.1 Å². The molecule has 0 atom stereocenters. The van der Waals surface area contributed by atoms with Gasteiger partial charge in [-0.3, -0.25) is 4.79 Å². The largest absolute Gasteiger partial charge is 0.393 e. The molecule has 1 saturated carbocycles. The minimum atomic E-state index is -0.213. The average molecular weight is 290 g/mol. The highest BCUT2D eigenvalue weighted by molar-refractivity contribution is 7.80. The van der Waals surface area contributed by atoms with Gasteiger partial charge in [-0.25, -0.2) is 0 Å². The lowest BCUT2D eigenvalue weighted by molar-refractivity contribution is -0.126. The van der Waals surface area contributed by atoms with Gasteiger partial charge < -0.3 is 11.1 Å². The second kappa shape index (κ2) is 6.35. The average Bonchev–Trinajstić information content (AvgIpc) is 2.41. The molecule has 3 N–H and O–H groups in total. The van der Waals surface area contributed by atoms with E-state index in [4.69, 9.17) is 18.0 Å². The smallest absolute Gasteiger partial charge is 0.230 e. The highest BCUT2D eigenvalue weighted by atomic mass is 32.1. The maximum atomic E-state index is 12.4. The third-order valence-corrected chi connectivity index (χ3v) is 4.24. The maximum absolute atomic E-state index is 12.4. The summed E-state index contributed by atoms with van der Waals surface area (Å²) >= 11 is 4.89. The Morgan fingerprint density at radius 1 is 1.25 bits per heavy atom. The molecule has 1 amide bonds. The summed E-state index contributed by atoms with van der Waals surface area (Å²) in [5.41, 5.74) is 7.22. The Balaban J connectivity index is 1.98. The molecule has 108 valence electrons. The predicted molar refractivity (Wildman–Crippen MR) is 86.8 cm³/mol. The molecular formula is C16H22N2OS. The van der Waals surface area contributed by atoms with Gasteiger partial charge in [-0.05, 0) is 30.5 Å². The van der Waals surface area contributed by atoms with E-state index < -0.39 is 0 Å². The minimum Gasteiger partial charge on any atom is -0.393 e. The molecule has 0 unspecified atom stereocenters. The van der Waals surface area contributed by atoms with Crippen LogP contribution in [0.5, 0.6) is 0 Å². The third kappa shape index (κ3) is 3.79. The number of anilines is 1. The summed E-state index contributed by atoms with van der Waals surface area (Å²) in [6.45, 7) is 2.07. The molecule has 1 aliphatic rings. The van der Waals surface area contributed by atoms with Crippen molar-refractivity contribution in [3.63, 3.8) is 0 Å². The van der Waals surface area contributed by atoms with Gasteiger partial charge in [-0.15, -0.1) is 0 Å². The molecule has 0 aliphatic heterocycles. The Hall–Kier alpha value is -1.42. The van der Waals surface area contributed by atoms with Crippen LogP contribution in [-0.4, -0.2) is 10.9 Å². The standard InChI is InChI=1S/C16H22N2OS/c1-16(9-3-2-4-10-16)15(19)18-13-7-5-12(6-8-13)11-14(17)20/h5-8H,2-4,9-11H2,1H3,(H2,17,20)(H,18,19). The van der Waals surface area contributed by atoms with Gasteiger partial charge in [-0.2, -0.15) is 0 Å². The number of nitrogens with two attached hydrogens (primary N) is 1. The van der Waals surface area contributed by atoms with Crippen LogP contribution in [-0.2, 0) is 11.2 Å². The molecule has 2 rings (SSSR count). The van der Waals surface area contributed by atoms with Crippen molar-refractivity contribution in [3.05, 3.63) is 29.8 Å². The summed E-state index contributed by atoms with van der Waals surface area (Å²) in [6, 6.07) is 7.74. The van der Waals surface area contributed by atoms with Crippen LogP contribution in [0.15, 0.2) is 24.3 Å². The van der Waals surface area contributed by atoms with Crippen LogP contribution in [0.3, 0.4) is 0 Å². The fourth-order valence-corrected chi connectivity index (χ4v) is 2.91. The number of hydrogen-bond donors (Lipinski definition) is 2. The number of nitrogens with one attached hydrogen (secondary N) is 1. The van der Waals surface area contributed by atoms with Crippen molar-refractivity contribution in [3.8, 4) is 0 Å². The molecule has 0 saturated heterocycles. The second-order valence-corrected chi connectivity index (χ2v) is 6.44. The SMILES string of the molecule is CC1(C(=O)Nc2ccc(CC(N)=S)cc2)CCCCC1. The highest BCUT2D eigenvalue weighted by Crippen LogP contribution is 2.36. The molecule has 20 heavy (non-hydrogen) atoms. The zero-order chi connectivity index (χ0) is 14.6. The van der Waals surface area contributed by atoms with E-state index >= 15 is 0 Å². The highest BCUT2D eigenvalue weighted by Gasteiger charge is 2.34. The summed E-state index contributed by atoms with van der Waals surface area (Å²) in [7, 11) is 0. The Kier molecular flexibility index (Phi) is 4.76. The second-order valence-electron chi connectivity index (χ2n) is 5.92. The number of rotatable bonds is 4. The first-order chi connectivity index (χ1) is 9.49. The first-order valence-electron chi connectivity index (χ1n) is 7.18. The first-order valence-corrected chi connectivity index (χ1v) is 7.59. The first kappa shape index (κ1) is 15.0. The van der Waals surface area contributed by atoms with Crippen LogP contribution < -0.4 is 11.1 Å². The molecule has 3 nitrogen and oxygen atoms in total. The fraction of sp³-hybridized carbons (Fsp3) is 0.500. The normalized spacial score (nSPS) is 17.4. The van der Waals surface area contributed by atoms with E-state index in [0.717, 1.165) is 36.9 Å². The maximum Gasteiger partial charge on any atom is 0.230 e. The lowest BCUT2D eigenvalue weighted by atomic mass is 9.75. The summed E-state index contributed by atoms with van der Waals surface area (Å²) < 4.78 is 0. The number of benzene rings is 1. The minimum absolute atomic E-state index is 0.138. The van der Waals surface area contributed by atoms with Gasteiger partial charge in [0, 0.05) is 17.5 Å². The summed E-state index contributed by atoms with van der Waals surface area (Å²) in [6.07, 6.45) is 6.11. The van der Waals surface area contributed by atoms with Crippen LogP contribution in [0.4, 0.5) is 5.69 Å². The molecule has 0 bridgehead atoms. The zero-order valence-corrected chi connectivity index (χ0v) is 12.8. The molecule has 1 aliphatic carbocycles. The van der Waals surface area contributed by atoms with Crippen molar-refractivity contribution in [2.24, 2.45) is 11.1 Å². The van der Waals surface area contributed by atoms with E-state index in [-0.39, 0.29) is 11.3 Å². The molecule has 1 aromatic carbocycles. The van der Waals surface area contributed by atoms with E-state index in [0.29, 0.717) is 11.4 Å². The summed E-state index contributed by atoms with van der Waals surface area (Å²) in [5, 5.41) is 3.03. The Labute approximate surface area is 125 Å². The number of amides is 1. The van der Waals surface area contributed by atoms with Crippen molar-refractivity contribution < 1.29 is 4.79 Å². The van der Waals surface area contributed by atoms with E-state index in [1.807, 2.05) is 24.3 Å². The lowest BCUT2D eigenvalue weighted by Gasteiger charge is -2.32. The zero-order valence-electron chi connectivity index (χ0n) is 11.9. The number of carbonyl (C=O) groups is 1. The van der Waals surface area contributed by atoms with Crippen molar-refractivity contribution in [2.45, 2.75) is 45.4 Å². The van der Waals surface area contributed by atoms with E-state index in [9.17, 15) is 4.79 Å². The van der Waals surface area contributed by atoms with E-state index in [2.05, 4.69) is 12.2 Å². The van der Waals surface area contributed by atoms with Crippen LogP contribution in [0.25, 0.3) is 0 Å². The number of thiocarbonyl (C=S) groups is 1. The van der Waals surface area contributed by atoms with Gasteiger partial charge in [0.15, 0.2) is 0 Å². The fourth-order valence-electron chi connectivity index (χ4n) is 2.75. The van der Waals surface area contributed by atoms with Gasteiger partial charge in [0.05, 0.1) is 4.99 Å². The van der Waals surface area contributed by atoms with Crippen molar-refractivity contribution >= 4 is 28.8 Å². The van der Waals surface area contributed by atoms with Crippen LogP contribution >= 0.6 is 12.2 Å². The van der Waals surface area contributed by atoms with Gasteiger partial charge in [0.25, 0.3) is 0 Å². The molecule has 4 heteroatoms. The molecular weight excluding hydrogens is 268 g/mol. The molecule has 1 fully saturated rings. The molecule has 0 heterocycles. The predicted octanol–water partition coefficient (Wildman–Crippen LogP) is 3.42. The Morgan fingerprint density at radius 2 is 1.85 bits per heavy atom. The van der Waals surface area contributed by atoms with Gasteiger partial charge in [0.1, 0.15) is 0 Å². The number of carbonyl (C=O) groups excluding carboxylic acids is 1. The molecule has 0 radical (unpaired) electrons.